The third-order valence-corrected chi connectivity index (χ3v) is 10.1. The van der Waals surface area contributed by atoms with E-state index in [1.54, 1.807) is 7.11 Å². The van der Waals surface area contributed by atoms with E-state index in [0.29, 0.717) is 53.6 Å². The number of carbonyl (C=O) groups is 1. The molecule has 5 heterocycles. The average molecular weight is 646 g/mol. The maximum absolute atomic E-state index is 12.6. The highest BCUT2D eigenvalue weighted by atomic mass is 35.5. The molecule has 46 heavy (non-hydrogen) atoms. The fraction of sp³-hybridized carbons (Fsp3) is 0.441. The standard InChI is InChI=1S/C34H40ClN7O4/c1-4-34(43)39-27-15-28(31(44-3)16-30(27)40-11-8-22(9-12-40)41-18-24-14-23(41)19-45-24)38-32-17-33(37-20-36-32)42-29(10-13-46-42)25-6-5-7-26(35)21(25)2/h4-7,15-17,20,22-24,29H,1,8-14,18-19H2,2-3H3,(H,39,43)(H,36,37,38)/t23-,24-,29+/m0/s1. The van der Waals surface area contributed by atoms with E-state index in [0.717, 1.165) is 73.8 Å². The highest BCUT2D eigenvalue weighted by Crippen LogP contribution is 2.42. The van der Waals surface area contributed by atoms with Crippen molar-refractivity contribution >= 4 is 46.2 Å². The molecule has 0 spiro atoms. The molecule has 2 aromatic carbocycles. The van der Waals surface area contributed by atoms with Crippen molar-refractivity contribution in [3.05, 3.63) is 71.5 Å². The number of rotatable bonds is 9. The minimum absolute atomic E-state index is 0.0333. The van der Waals surface area contributed by atoms with Crippen LogP contribution in [0, 0.1) is 6.92 Å². The first kappa shape index (κ1) is 30.7. The van der Waals surface area contributed by atoms with E-state index in [2.05, 4.69) is 43.0 Å². The molecule has 12 heteroatoms. The van der Waals surface area contributed by atoms with Crippen LogP contribution >= 0.6 is 11.6 Å². The fourth-order valence-electron chi connectivity index (χ4n) is 7.33. The van der Waals surface area contributed by atoms with Crippen LogP contribution in [-0.2, 0) is 14.4 Å². The number of methoxy groups -OCH3 is 1. The summed E-state index contributed by atoms with van der Waals surface area (Å²) < 4.78 is 11.7. The van der Waals surface area contributed by atoms with Crippen LogP contribution in [0.1, 0.15) is 42.9 Å². The maximum atomic E-state index is 12.6. The number of benzene rings is 2. The number of carbonyl (C=O) groups excluding carboxylic acids is 1. The number of nitrogens with one attached hydrogen (secondary N) is 2. The second kappa shape index (κ2) is 13.1. The van der Waals surface area contributed by atoms with Crippen LogP contribution in [0.4, 0.5) is 28.7 Å². The number of hydroxylamine groups is 1. The van der Waals surface area contributed by atoms with Crippen molar-refractivity contribution in [3.8, 4) is 5.75 Å². The number of ether oxygens (including phenoxy) is 2. The average Bonchev–Trinajstić information content (AvgIpc) is 3.85. The molecule has 1 aromatic heterocycles. The third-order valence-electron chi connectivity index (χ3n) is 9.69. The molecule has 4 fully saturated rings. The Hall–Kier alpha value is -3.90. The molecule has 1 amide bonds. The molecule has 3 atom stereocenters. The van der Waals surface area contributed by atoms with Crippen molar-refractivity contribution in [2.45, 2.75) is 56.8 Å². The van der Waals surface area contributed by atoms with E-state index in [4.69, 9.17) is 25.9 Å². The molecule has 0 radical (unpaired) electrons. The molecule has 2 bridgehead atoms. The van der Waals surface area contributed by atoms with Gasteiger partial charge in [-0.1, -0.05) is 30.3 Å². The summed E-state index contributed by atoms with van der Waals surface area (Å²) >= 11 is 6.44. The third kappa shape index (κ3) is 6.00. The minimum atomic E-state index is -0.279. The Morgan fingerprint density at radius 3 is 2.72 bits per heavy atom. The van der Waals surface area contributed by atoms with Crippen molar-refractivity contribution in [2.75, 3.05) is 60.6 Å². The lowest BCUT2D eigenvalue weighted by molar-refractivity contribution is -0.111. The number of likely N-dealkylation sites (tertiary alicyclic amines) is 1. The number of hydrogen-bond acceptors (Lipinski definition) is 10. The van der Waals surface area contributed by atoms with Gasteiger partial charge >= 0.3 is 0 Å². The van der Waals surface area contributed by atoms with Crippen molar-refractivity contribution in [1.29, 1.82) is 0 Å². The largest absolute Gasteiger partial charge is 0.494 e. The normalized spacial score (nSPS) is 23.2. The monoisotopic (exact) mass is 645 g/mol. The summed E-state index contributed by atoms with van der Waals surface area (Å²) in [5, 5.41) is 8.96. The van der Waals surface area contributed by atoms with Crippen molar-refractivity contribution in [2.24, 2.45) is 0 Å². The molecule has 11 nitrogen and oxygen atoms in total. The van der Waals surface area contributed by atoms with E-state index >= 15 is 0 Å². The van der Waals surface area contributed by atoms with Gasteiger partial charge in [0.05, 0.1) is 49.5 Å². The van der Waals surface area contributed by atoms with Gasteiger partial charge in [0.2, 0.25) is 5.91 Å². The fourth-order valence-corrected chi connectivity index (χ4v) is 7.51. The number of piperidine rings is 1. The Morgan fingerprint density at radius 1 is 1.13 bits per heavy atom. The van der Waals surface area contributed by atoms with Gasteiger partial charge in [0.1, 0.15) is 17.9 Å². The Labute approximate surface area is 274 Å². The number of halogens is 1. The Morgan fingerprint density at radius 2 is 1.98 bits per heavy atom. The molecule has 4 aliphatic rings. The summed E-state index contributed by atoms with van der Waals surface area (Å²) in [4.78, 5) is 32.6. The molecule has 2 N–H and O–H groups in total. The number of nitrogens with zero attached hydrogens (tertiary/aromatic N) is 5. The molecule has 7 rings (SSSR count). The first-order valence-corrected chi connectivity index (χ1v) is 16.3. The predicted octanol–water partition coefficient (Wildman–Crippen LogP) is 5.64. The molecule has 4 aliphatic heterocycles. The van der Waals surface area contributed by atoms with Crippen molar-refractivity contribution < 1.29 is 19.1 Å². The Kier molecular flexibility index (Phi) is 8.74. The molecule has 242 valence electrons. The molecule has 0 aliphatic carbocycles. The molecule has 0 unspecified atom stereocenters. The van der Waals surface area contributed by atoms with E-state index in [1.165, 1.54) is 12.4 Å². The lowest BCUT2D eigenvalue weighted by Gasteiger charge is -2.41. The van der Waals surface area contributed by atoms with E-state index in [1.807, 2.05) is 42.3 Å². The maximum Gasteiger partial charge on any atom is 0.247 e. The second-order valence-electron chi connectivity index (χ2n) is 12.3. The van der Waals surface area contributed by atoms with Gasteiger partial charge in [0.25, 0.3) is 0 Å². The summed E-state index contributed by atoms with van der Waals surface area (Å²) in [7, 11) is 1.64. The van der Waals surface area contributed by atoms with Gasteiger partial charge in [-0.25, -0.2) is 15.0 Å². The van der Waals surface area contributed by atoms with Gasteiger partial charge in [0.15, 0.2) is 5.82 Å². The van der Waals surface area contributed by atoms with Crippen LogP contribution in [0.25, 0.3) is 0 Å². The number of hydrogen-bond donors (Lipinski definition) is 2. The van der Waals surface area contributed by atoms with Crippen LogP contribution in [0.3, 0.4) is 0 Å². The highest BCUT2D eigenvalue weighted by Gasteiger charge is 2.42. The van der Waals surface area contributed by atoms with E-state index < -0.39 is 0 Å². The topological polar surface area (TPSA) is 104 Å². The van der Waals surface area contributed by atoms with Crippen LogP contribution in [-0.4, -0.2) is 78.9 Å². The molecular weight excluding hydrogens is 606 g/mol. The highest BCUT2D eigenvalue weighted by molar-refractivity contribution is 6.31. The minimum Gasteiger partial charge on any atom is -0.494 e. The van der Waals surface area contributed by atoms with E-state index in [-0.39, 0.29) is 11.9 Å². The van der Waals surface area contributed by atoms with Gasteiger partial charge in [0, 0.05) is 55.3 Å². The lowest BCUT2D eigenvalue weighted by atomic mass is 9.99. The molecule has 4 saturated heterocycles. The van der Waals surface area contributed by atoms with Crippen LogP contribution < -0.4 is 25.3 Å². The SMILES string of the molecule is C=CC(=O)Nc1cc(Nc2cc(N3OCC[C@@H]3c3cccc(Cl)c3C)ncn2)c(OC)cc1N1CCC(N2C[C@@H]3C[C@H]2CO3)CC1. The van der Waals surface area contributed by atoms with E-state index in [9.17, 15) is 4.79 Å². The Bertz CT molecular complexity index is 1610. The van der Waals surface area contributed by atoms with Crippen LogP contribution in [0.2, 0.25) is 5.02 Å². The zero-order valence-corrected chi connectivity index (χ0v) is 27.0. The van der Waals surface area contributed by atoms with Gasteiger partial charge < -0.3 is 25.0 Å². The molecule has 0 saturated carbocycles. The van der Waals surface area contributed by atoms with Crippen LogP contribution in [0.15, 0.2) is 55.4 Å². The zero-order chi connectivity index (χ0) is 31.8. The predicted molar refractivity (Wildman–Crippen MR) is 179 cm³/mol. The summed E-state index contributed by atoms with van der Waals surface area (Å²) in [6.07, 6.45) is 7.26. The first-order valence-electron chi connectivity index (χ1n) is 16.0. The number of morpholine rings is 1. The number of aromatic nitrogens is 2. The smallest absolute Gasteiger partial charge is 0.247 e. The summed E-state index contributed by atoms with van der Waals surface area (Å²) in [5.74, 6) is 1.53. The zero-order valence-electron chi connectivity index (χ0n) is 26.2. The van der Waals surface area contributed by atoms with Gasteiger partial charge in [-0.15, -0.1) is 0 Å². The van der Waals surface area contributed by atoms with Gasteiger partial charge in [-0.3, -0.25) is 14.5 Å². The molecular formula is C34H40ClN7O4. The Balaban J connectivity index is 1.12. The number of fused-ring (bicyclic) bond motifs is 2. The number of anilines is 5. The van der Waals surface area contributed by atoms with Crippen LogP contribution in [0.5, 0.6) is 5.75 Å². The summed E-state index contributed by atoms with van der Waals surface area (Å²) in [6, 6.07) is 12.7. The summed E-state index contributed by atoms with van der Waals surface area (Å²) in [5.41, 5.74) is 4.37. The first-order chi connectivity index (χ1) is 22.4. The summed E-state index contributed by atoms with van der Waals surface area (Å²) in [6.45, 7) is 9.90. The number of amides is 1. The second-order valence-corrected chi connectivity index (χ2v) is 12.7. The van der Waals surface area contributed by atoms with Crippen molar-refractivity contribution in [3.63, 3.8) is 0 Å². The quantitative estimate of drug-likeness (QED) is 0.284. The van der Waals surface area contributed by atoms with Gasteiger partial charge in [-0.05, 0) is 55.5 Å². The van der Waals surface area contributed by atoms with Gasteiger partial charge in [-0.2, -0.15) is 0 Å². The lowest BCUT2D eigenvalue weighted by Crippen LogP contribution is -2.49. The molecule has 3 aromatic rings. The van der Waals surface area contributed by atoms with Crippen molar-refractivity contribution in [1.82, 2.24) is 14.9 Å².